The third-order valence-electron chi connectivity index (χ3n) is 4.00. The van der Waals surface area contributed by atoms with Gasteiger partial charge in [-0.2, -0.15) is 0 Å². The van der Waals surface area contributed by atoms with Crippen LogP contribution in [0.3, 0.4) is 0 Å². The first-order valence-corrected chi connectivity index (χ1v) is 8.32. The van der Waals surface area contributed by atoms with Crippen molar-refractivity contribution in [2.75, 3.05) is 20.8 Å². The van der Waals surface area contributed by atoms with Crippen molar-refractivity contribution in [3.8, 4) is 11.1 Å². The summed E-state index contributed by atoms with van der Waals surface area (Å²) >= 11 is 0. The number of hydrogen-bond acceptors (Lipinski definition) is 5. The Balaban J connectivity index is 2.40. The number of carbonyl (C=O) groups excluding carboxylic acids is 1. The second-order valence-electron chi connectivity index (χ2n) is 5.65. The van der Waals surface area contributed by atoms with Crippen molar-refractivity contribution in [1.82, 2.24) is 5.32 Å². The third-order valence-corrected chi connectivity index (χ3v) is 4.00. The van der Waals surface area contributed by atoms with Crippen LogP contribution in [0.1, 0.15) is 24.2 Å². The maximum absolute atomic E-state index is 12.0. The lowest BCUT2D eigenvalue weighted by molar-refractivity contribution is -0.162. The molecule has 0 aromatic heterocycles. The molecule has 2 atom stereocenters. The average Bonchev–Trinajstić information content (AvgIpc) is 2.66. The van der Waals surface area contributed by atoms with Crippen LogP contribution in [-0.4, -0.2) is 37.9 Å². The van der Waals surface area contributed by atoms with Gasteiger partial charge >= 0.3 is 5.97 Å². The summed E-state index contributed by atoms with van der Waals surface area (Å²) in [6.07, 6.45) is -2.14. The molecule has 0 radical (unpaired) electrons. The number of methoxy groups -OCH3 is 1. The lowest BCUT2D eigenvalue weighted by Crippen LogP contribution is -2.33. The molecule has 0 saturated heterocycles. The Labute approximate surface area is 148 Å². The first-order chi connectivity index (χ1) is 12.1. The van der Waals surface area contributed by atoms with Gasteiger partial charge in [0.15, 0.2) is 6.10 Å². The number of hydrogen-bond donors (Lipinski definition) is 2. The van der Waals surface area contributed by atoms with Gasteiger partial charge in [-0.25, -0.2) is 4.79 Å². The lowest BCUT2D eigenvalue weighted by atomic mass is 9.94. The van der Waals surface area contributed by atoms with E-state index in [1.165, 1.54) is 7.11 Å². The highest BCUT2D eigenvalue weighted by atomic mass is 16.6. The van der Waals surface area contributed by atoms with Gasteiger partial charge in [0.05, 0.1) is 7.11 Å². The summed E-state index contributed by atoms with van der Waals surface area (Å²) < 4.78 is 10.2. The number of ether oxygens (including phenoxy) is 2. The lowest BCUT2D eigenvalue weighted by Gasteiger charge is -2.23. The first-order valence-electron chi connectivity index (χ1n) is 8.32. The Morgan fingerprint density at radius 3 is 2.48 bits per heavy atom. The van der Waals surface area contributed by atoms with Crippen LogP contribution in [-0.2, 0) is 20.8 Å². The van der Waals surface area contributed by atoms with E-state index in [0.29, 0.717) is 18.7 Å². The van der Waals surface area contributed by atoms with Crippen molar-refractivity contribution in [1.29, 1.82) is 0 Å². The molecular weight excluding hydrogens is 318 g/mol. The van der Waals surface area contributed by atoms with Crippen molar-refractivity contribution in [2.45, 2.75) is 25.7 Å². The Morgan fingerprint density at radius 2 is 1.88 bits per heavy atom. The van der Waals surface area contributed by atoms with Crippen molar-refractivity contribution in [3.05, 3.63) is 59.7 Å². The monoisotopic (exact) mass is 343 g/mol. The van der Waals surface area contributed by atoms with E-state index in [1.807, 2.05) is 55.6 Å². The van der Waals surface area contributed by atoms with Crippen LogP contribution in [0.2, 0.25) is 0 Å². The molecule has 5 heteroatoms. The second kappa shape index (κ2) is 9.32. The van der Waals surface area contributed by atoms with E-state index in [-0.39, 0.29) is 0 Å². The number of carbonyl (C=O) groups is 1. The van der Waals surface area contributed by atoms with Crippen molar-refractivity contribution in [3.63, 3.8) is 0 Å². The van der Waals surface area contributed by atoms with E-state index in [2.05, 4.69) is 5.32 Å². The zero-order chi connectivity index (χ0) is 18.2. The molecule has 0 aliphatic carbocycles. The summed E-state index contributed by atoms with van der Waals surface area (Å²) in [5.74, 6) is -0.586. The molecule has 134 valence electrons. The van der Waals surface area contributed by atoms with Gasteiger partial charge in [-0.15, -0.1) is 0 Å². The largest absolute Gasteiger partial charge is 0.467 e. The van der Waals surface area contributed by atoms with Crippen LogP contribution in [0, 0.1) is 0 Å². The molecule has 0 spiro atoms. The fraction of sp³-hybridized carbons (Fsp3) is 0.350. The standard InChI is InChI=1S/C20H25NO4/c1-4-25-19(20(23)24-3)18(22)17-11-10-15(12-16(17)13-21-2)14-8-6-5-7-9-14/h5-12,18-19,21-22H,4,13H2,1-3H3/t18-,19+/m1/s1. The van der Waals surface area contributed by atoms with E-state index in [0.717, 1.165) is 16.7 Å². The Bertz CT molecular complexity index is 687. The number of aliphatic hydroxyl groups is 1. The fourth-order valence-electron chi connectivity index (χ4n) is 2.79. The molecular formula is C20H25NO4. The van der Waals surface area contributed by atoms with E-state index in [9.17, 15) is 9.90 Å². The summed E-state index contributed by atoms with van der Waals surface area (Å²) in [5, 5.41) is 13.8. The first kappa shape index (κ1) is 19.1. The Morgan fingerprint density at radius 1 is 1.16 bits per heavy atom. The molecule has 0 heterocycles. The minimum atomic E-state index is -1.10. The van der Waals surface area contributed by atoms with E-state index >= 15 is 0 Å². The van der Waals surface area contributed by atoms with Gasteiger partial charge in [-0.3, -0.25) is 0 Å². The smallest absolute Gasteiger partial charge is 0.338 e. The summed E-state index contributed by atoms with van der Waals surface area (Å²) in [7, 11) is 3.12. The zero-order valence-corrected chi connectivity index (χ0v) is 14.9. The van der Waals surface area contributed by atoms with Crippen LogP contribution < -0.4 is 5.32 Å². The topological polar surface area (TPSA) is 67.8 Å². The highest BCUT2D eigenvalue weighted by Gasteiger charge is 2.31. The third kappa shape index (κ3) is 4.66. The molecule has 2 rings (SSSR count). The van der Waals surface area contributed by atoms with E-state index < -0.39 is 18.2 Å². The fourth-order valence-corrected chi connectivity index (χ4v) is 2.79. The molecule has 0 saturated carbocycles. The maximum Gasteiger partial charge on any atom is 0.338 e. The number of aliphatic hydroxyl groups excluding tert-OH is 1. The van der Waals surface area contributed by atoms with Gasteiger partial charge in [-0.05, 0) is 42.3 Å². The van der Waals surface area contributed by atoms with Crippen LogP contribution in [0.25, 0.3) is 11.1 Å². The van der Waals surface area contributed by atoms with E-state index in [4.69, 9.17) is 9.47 Å². The zero-order valence-electron chi connectivity index (χ0n) is 14.9. The predicted octanol–water partition coefficient (Wildman–Crippen LogP) is 2.68. The predicted molar refractivity (Wildman–Crippen MR) is 97.0 cm³/mol. The van der Waals surface area contributed by atoms with Gasteiger partial charge in [0.1, 0.15) is 6.10 Å². The van der Waals surface area contributed by atoms with E-state index in [1.54, 1.807) is 6.92 Å². The van der Waals surface area contributed by atoms with Gasteiger partial charge in [0.2, 0.25) is 0 Å². The highest BCUT2D eigenvalue weighted by molar-refractivity contribution is 5.76. The number of rotatable bonds is 8. The molecule has 0 bridgehead atoms. The number of nitrogens with one attached hydrogen (secondary N) is 1. The van der Waals surface area contributed by atoms with Crippen molar-refractivity contribution in [2.24, 2.45) is 0 Å². The Kier molecular flexibility index (Phi) is 7.13. The molecule has 0 aliphatic heterocycles. The SMILES string of the molecule is CCO[C@H](C(=O)OC)[C@H](O)c1ccc(-c2ccccc2)cc1CNC. The molecule has 0 amide bonds. The second-order valence-corrected chi connectivity index (χ2v) is 5.65. The van der Waals surface area contributed by atoms with Crippen LogP contribution >= 0.6 is 0 Å². The van der Waals surface area contributed by atoms with Gasteiger partial charge in [0.25, 0.3) is 0 Å². The summed E-state index contributed by atoms with van der Waals surface area (Å²) in [6.45, 7) is 2.64. The minimum Gasteiger partial charge on any atom is -0.467 e. The maximum atomic E-state index is 12.0. The van der Waals surface area contributed by atoms with Gasteiger partial charge < -0.3 is 19.9 Å². The number of benzene rings is 2. The molecule has 0 unspecified atom stereocenters. The molecule has 5 nitrogen and oxygen atoms in total. The average molecular weight is 343 g/mol. The van der Waals surface area contributed by atoms with Gasteiger partial charge in [-0.1, -0.05) is 42.5 Å². The molecule has 0 fully saturated rings. The van der Waals surface area contributed by atoms with Crippen molar-refractivity contribution < 1.29 is 19.4 Å². The molecule has 2 aromatic carbocycles. The summed E-state index contributed by atoms with van der Waals surface area (Å²) in [6, 6.07) is 15.8. The van der Waals surface area contributed by atoms with Crippen LogP contribution in [0.5, 0.6) is 0 Å². The summed E-state index contributed by atoms with van der Waals surface area (Å²) in [4.78, 5) is 12.0. The highest BCUT2D eigenvalue weighted by Crippen LogP contribution is 2.28. The minimum absolute atomic E-state index is 0.306. The Hall–Kier alpha value is -2.21. The molecule has 0 aliphatic rings. The number of esters is 1. The summed E-state index contributed by atoms with van der Waals surface area (Å²) in [5.41, 5.74) is 3.70. The van der Waals surface area contributed by atoms with Crippen molar-refractivity contribution >= 4 is 5.97 Å². The van der Waals surface area contributed by atoms with Crippen LogP contribution in [0.4, 0.5) is 0 Å². The van der Waals surface area contributed by atoms with Gasteiger partial charge in [0, 0.05) is 13.2 Å². The van der Waals surface area contributed by atoms with Crippen LogP contribution in [0.15, 0.2) is 48.5 Å². The molecule has 25 heavy (non-hydrogen) atoms. The normalized spacial score (nSPS) is 13.3. The molecule has 2 N–H and O–H groups in total. The molecule has 2 aromatic rings. The quantitative estimate of drug-likeness (QED) is 0.721.